The van der Waals surface area contributed by atoms with E-state index in [-0.39, 0.29) is 11.3 Å². The van der Waals surface area contributed by atoms with Crippen LogP contribution in [0, 0.1) is 5.41 Å². The van der Waals surface area contributed by atoms with Crippen LogP contribution in [0.25, 0.3) is 0 Å². The number of nitrogens with one attached hydrogen (secondary N) is 2. The average molecular weight is 414 g/mol. The second-order valence-electron chi connectivity index (χ2n) is 7.58. The molecule has 2 rings (SSSR count). The van der Waals surface area contributed by atoms with Crippen LogP contribution in [-0.2, 0) is 4.79 Å². The van der Waals surface area contributed by atoms with Crippen LogP contribution < -0.4 is 16.4 Å². The van der Waals surface area contributed by atoms with Crippen molar-refractivity contribution in [2.75, 3.05) is 12.3 Å². The summed E-state index contributed by atoms with van der Waals surface area (Å²) in [6, 6.07) is 6.51. The number of nitrogens with two attached hydrogens (primary N) is 1. The van der Waals surface area contributed by atoms with E-state index in [9.17, 15) is 14.4 Å². The highest BCUT2D eigenvalue weighted by Gasteiger charge is 2.23. The smallest absolute Gasteiger partial charge is 0.255 e. The lowest BCUT2D eigenvalue weighted by Crippen LogP contribution is -2.25. The predicted molar refractivity (Wildman–Crippen MR) is 117 cm³/mol. The van der Waals surface area contributed by atoms with Crippen molar-refractivity contribution < 1.29 is 14.4 Å². The van der Waals surface area contributed by atoms with Crippen LogP contribution in [0.2, 0.25) is 0 Å². The molecule has 4 N–H and O–H groups in total. The predicted octanol–water partition coefficient (Wildman–Crippen LogP) is 3.14. The van der Waals surface area contributed by atoms with E-state index in [1.807, 2.05) is 6.08 Å². The Labute approximate surface area is 175 Å². The van der Waals surface area contributed by atoms with Gasteiger partial charge in [0.25, 0.3) is 5.91 Å². The Bertz CT molecular complexity index is 880. The van der Waals surface area contributed by atoms with Crippen molar-refractivity contribution in [3.63, 3.8) is 0 Å². The molecule has 1 aromatic carbocycles. The summed E-state index contributed by atoms with van der Waals surface area (Å²) in [7, 11) is 0. The summed E-state index contributed by atoms with van der Waals surface area (Å²) in [6.45, 7) is 6.74. The van der Waals surface area contributed by atoms with Gasteiger partial charge in [-0.05, 0) is 29.2 Å². The molecule has 154 valence electrons. The Morgan fingerprint density at radius 2 is 2.03 bits per heavy atom. The van der Waals surface area contributed by atoms with Crippen molar-refractivity contribution in [3.05, 3.63) is 69.4 Å². The highest BCUT2D eigenvalue weighted by atomic mass is 32.2. The molecule has 0 atom stereocenters. The Balaban J connectivity index is 2.45. The molecule has 0 radical (unpaired) electrons. The number of rotatable bonds is 8. The Hall–Kier alpha value is -2.64. The first-order valence-corrected chi connectivity index (χ1v) is 10.3. The minimum absolute atomic E-state index is 0.128. The average Bonchev–Trinajstić information content (AvgIpc) is 2.86. The van der Waals surface area contributed by atoms with Crippen LogP contribution in [0.5, 0.6) is 0 Å². The summed E-state index contributed by atoms with van der Waals surface area (Å²) in [6.07, 6.45) is 5.84. The van der Waals surface area contributed by atoms with Gasteiger partial charge in [0.15, 0.2) is 0 Å². The lowest BCUT2D eigenvalue weighted by molar-refractivity contribution is -0.108. The SMILES string of the molecule is CC(C)(C)C1=CCC(NC(=O)c2cccc(C=O)c2)=C(SCCN)C(NC=O)=C1. The molecule has 0 fully saturated rings. The molecule has 2 amide bonds. The van der Waals surface area contributed by atoms with Gasteiger partial charge >= 0.3 is 0 Å². The number of thioether (sulfide) groups is 1. The van der Waals surface area contributed by atoms with E-state index in [0.29, 0.717) is 53.9 Å². The summed E-state index contributed by atoms with van der Waals surface area (Å²) >= 11 is 1.49. The van der Waals surface area contributed by atoms with Crippen molar-refractivity contribution in [3.8, 4) is 0 Å². The van der Waals surface area contributed by atoms with Gasteiger partial charge in [-0.15, -0.1) is 11.8 Å². The molecule has 0 unspecified atom stereocenters. The molecule has 1 aromatic rings. The van der Waals surface area contributed by atoms with Crippen LogP contribution in [0.4, 0.5) is 0 Å². The maximum atomic E-state index is 12.8. The van der Waals surface area contributed by atoms with Gasteiger partial charge < -0.3 is 16.4 Å². The third-order valence-corrected chi connectivity index (χ3v) is 5.53. The second-order valence-corrected chi connectivity index (χ2v) is 8.68. The zero-order valence-corrected chi connectivity index (χ0v) is 17.8. The summed E-state index contributed by atoms with van der Waals surface area (Å²) < 4.78 is 0. The molecule has 0 aliphatic heterocycles. The zero-order chi connectivity index (χ0) is 21.4. The van der Waals surface area contributed by atoms with Crippen LogP contribution in [0.1, 0.15) is 47.9 Å². The fourth-order valence-electron chi connectivity index (χ4n) is 2.84. The maximum Gasteiger partial charge on any atom is 0.255 e. The van der Waals surface area contributed by atoms with Gasteiger partial charge in [-0.1, -0.05) is 39.0 Å². The summed E-state index contributed by atoms with van der Waals surface area (Å²) in [4.78, 5) is 35.9. The number of benzene rings is 1. The minimum atomic E-state index is -0.312. The quantitative estimate of drug-likeness (QED) is 0.569. The monoisotopic (exact) mass is 413 g/mol. The van der Waals surface area contributed by atoms with Crippen molar-refractivity contribution in [2.24, 2.45) is 11.1 Å². The standard InChI is InChI=1S/C22H27N3O3S/c1-22(2,3)17-7-8-18(20(29-10-9-23)19(12-17)24-14-27)25-21(28)16-6-4-5-15(11-16)13-26/h4-7,11-14H,8-10,23H2,1-3H3,(H,24,27)(H,25,28). The number of carbonyl (C=O) groups excluding carboxylic acids is 3. The Kier molecular flexibility index (Phi) is 7.99. The van der Waals surface area contributed by atoms with Crippen molar-refractivity contribution in [2.45, 2.75) is 27.2 Å². The number of allylic oxidation sites excluding steroid dienone is 3. The fourth-order valence-corrected chi connectivity index (χ4v) is 3.74. The molecule has 1 aliphatic carbocycles. The van der Waals surface area contributed by atoms with Crippen molar-refractivity contribution in [1.29, 1.82) is 0 Å². The first-order chi connectivity index (χ1) is 13.8. The molecule has 0 heterocycles. The van der Waals surface area contributed by atoms with E-state index in [1.165, 1.54) is 11.8 Å². The molecule has 0 saturated heterocycles. The van der Waals surface area contributed by atoms with Gasteiger partial charge in [0.2, 0.25) is 6.41 Å². The first kappa shape index (κ1) is 22.6. The summed E-state index contributed by atoms with van der Waals surface area (Å²) in [5, 5.41) is 5.74. The molecule has 0 saturated carbocycles. The largest absolute Gasteiger partial charge is 0.330 e. The van der Waals surface area contributed by atoms with Crippen LogP contribution in [0.15, 0.2) is 58.3 Å². The lowest BCUT2D eigenvalue weighted by Gasteiger charge is -2.21. The van der Waals surface area contributed by atoms with Gasteiger partial charge in [-0.2, -0.15) is 0 Å². The molecule has 0 aromatic heterocycles. The molecule has 0 bridgehead atoms. The summed E-state index contributed by atoms with van der Waals surface area (Å²) in [5.74, 6) is 0.325. The number of hydrogen-bond donors (Lipinski definition) is 3. The molecule has 1 aliphatic rings. The van der Waals surface area contributed by atoms with Crippen LogP contribution in [0.3, 0.4) is 0 Å². The minimum Gasteiger partial charge on any atom is -0.330 e. The van der Waals surface area contributed by atoms with E-state index < -0.39 is 0 Å². The third-order valence-electron chi connectivity index (χ3n) is 4.34. The lowest BCUT2D eigenvalue weighted by atomic mass is 9.85. The molecular formula is C22H27N3O3S. The van der Waals surface area contributed by atoms with E-state index in [2.05, 4.69) is 37.5 Å². The zero-order valence-electron chi connectivity index (χ0n) is 17.0. The third kappa shape index (κ3) is 6.17. The van der Waals surface area contributed by atoms with Crippen LogP contribution >= 0.6 is 11.8 Å². The Morgan fingerprint density at radius 3 is 2.66 bits per heavy atom. The number of carbonyl (C=O) groups is 3. The molecule has 0 spiro atoms. The van der Waals surface area contributed by atoms with Crippen molar-refractivity contribution in [1.82, 2.24) is 10.6 Å². The maximum absolute atomic E-state index is 12.8. The fraction of sp³-hybridized carbons (Fsp3) is 0.318. The van der Waals surface area contributed by atoms with E-state index >= 15 is 0 Å². The number of aldehydes is 1. The van der Waals surface area contributed by atoms with E-state index in [4.69, 9.17) is 5.73 Å². The molecule has 7 heteroatoms. The van der Waals surface area contributed by atoms with Gasteiger partial charge in [0, 0.05) is 35.5 Å². The summed E-state index contributed by atoms with van der Waals surface area (Å²) in [5.41, 5.74) is 8.76. The van der Waals surface area contributed by atoms with E-state index in [0.717, 1.165) is 10.5 Å². The van der Waals surface area contributed by atoms with Gasteiger partial charge in [-0.25, -0.2) is 0 Å². The number of hydrogen-bond acceptors (Lipinski definition) is 5. The van der Waals surface area contributed by atoms with E-state index in [1.54, 1.807) is 24.3 Å². The molecule has 6 nitrogen and oxygen atoms in total. The first-order valence-electron chi connectivity index (χ1n) is 9.35. The Morgan fingerprint density at radius 1 is 1.28 bits per heavy atom. The highest BCUT2D eigenvalue weighted by Crippen LogP contribution is 2.35. The molecular weight excluding hydrogens is 386 g/mol. The van der Waals surface area contributed by atoms with Gasteiger partial charge in [0.1, 0.15) is 6.29 Å². The topological polar surface area (TPSA) is 101 Å². The highest BCUT2D eigenvalue weighted by molar-refractivity contribution is 8.03. The van der Waals surface area contributed by atoms with Crippen LogP contribution in [-0.4, -0.2) is 30.9 Å². The normalized spacial score (nSPS) is 14.5. The number of amides is 2. The molecule has 29 heavy (non-hydrogen) atoms. The van der Waals surface area contributed by atoms with Crippen molar-refractivity contribution >= 4 is 30.4 Å². The second kappa shape index (κ2) is 10.2. The van der Waals surface area contributed by atoms with Gasteiger partial charge in [0.05, 0.1) is 10.6 Å². The van der Waals surface area contributed by atoms with Gasteiger partial charge in [-0.3, -0.25) is 14.4 Å².